The number of hydrogen-bond donors (Lipinski definition) is 2. The second-order valence-corrected chi connectivity index (χ2v) is 4.17. The molecule has 0 bridgehead atoms. The first kappa shape index (κ1) is 14.6. The fourth-order valence-corrected chi connectivity index (χ4v) is 1.74. The van der Waals surface area contributed by atoms with Crippen molar-refractivity contribution in [3.05, 3.63) is 48.1 Å². The number of aromatic nitrogens is 3. The quantitative estimate of drug-likeness (QED) is 0.616. The van der Waals surface area contributed by atoms with E-state index in [4.69, 9.17) is 0 Å². The molecule has 1 atom stereocenters. The molecule has 0 aliphatic heterocycles. The summed E-state index contributed by atoms with van der Waals surface area (Å²) in [6, 6.07) is 1.75. The molecule has 2 N–H and O–H groups in total. The Balaban J connectivity index is 2.13. The summed E-state index contributed by atoms with van der Waals surface area (Å²) in [5, 5.41) is 2.42. The topological polar surface area (TPSA) is 97.0 Å². The van der Waals surface area contributed by atoms with Crippen LogP contribution in [-0.2, 0) is 16.0 Å². The number of carbonyl (C=O) groups excluding carboxylic acids is 2. The van der Waals surface area contributed by atoms with Gasteiger partial charge in [0.2, 0.25) is 5.95 Å². The highest BCUT2D eigenvalue weighted by molar-refractivity contribution is 5.96. The predicted octanol–water partition coefficient (Wildman–Crippen LogP) is 0.458. The van der Waals surface area contributed by atoms with Crippen LogP contribution in [0.1, 0.15) is 16.1 Å². The van der Waals surface area contributed by atoms with Gasteiger partial charge in [-0.2, -0.15) is 4.39 Å². The van der Waals surface area contributed by atoms with Crippen LogP contribution in [0.3, 0.4) is 0 Å². The number of amides is 1. The zero-order valence-corrected chi connectivity index (χ0v) is 11.2. The minimum absolute atomic E-state index is 0.153. The van der Waals surface area contributed by atoms with Crippen LogP contribution in [0.15, 0.2) is 30.9 Å². The van der Waals surface area contributed by atoms with E-state index in [0.29, 0.717) is 5.69 Å². The molecule has 0 radical (unpaired) electrons. The molecule has 0 spiro atoms. The van der Waals surface area contributed by atoms with Gasteiger partial charge in [-0.1, -0.05) is 0 Å². The van der Waals surface area contributed by atoms with Gasteiger partial charge in [0, 0.05) is 24.5 Å². The van der Waals surface area contributed by atoms with Crippen molar-refractivity contribution in [1.82, 2.24) is 20.3 Å². The van der Waals surface area contributed by atoms with Gasteiger partial charge in [0.15, 0.2) is 0 Å². The number of aromatic amines is 1. The summed E-state index contributed by atoms with van der Waals surface area (Å²) in [4.78, 5) is 33.7. The molecule has 2 aromatic rings. The maximum absolute atomic E-state index is 13.4. The number of esters is 1. The van der Waals surface area contributed by atoms with Gasteiger partial charge in [-0.15, -0.1) is 0 Å². The Kier molecular flexibility index (Phi) is 4.60. The highest BCUT2D eigenvalue weighted by Gasteiger charge is 2.24. The summed E-state index contributed by atoms with van der Waals surface area (Å²) >= 11 is 0. The molecule has 2 rings (SSSR count). The van der Waals surface area contributed by atoms with Crippen molar-refractivity contribution in [2.75, 3.05) is 7.11 Å². The fourth-order valence-electron chi connectivity index (χ4n) is 1.74. The van der Waals surface area contributed by atoms with Gasteiger partial charge in [-0.05, 0) is 12.1 Å². The fraction of sp³-hybridized carbons (Fsp3) is 0.231. The predicted molar refractivity (Wildman–Crippen MR) is 69.8 cm³/mol. The van der Waals surface area contributed by atoms with Crippen molar-refractivity contribution < 1.29 is 18.7 Å². The molecular weight excluding hydrogens is 279 g/mol. The van der Waals surface area contributed by atoms with Crippen LogP contribution in [0, 0.1) is 5.95 Å². The van der Waals surface area contributed by atoms with E-state index in [9.17, 15) is 14.0 Å². The van der Waals surface area contributed by atoms with E-state index in [1.54, 1.807) is 0 Å². The molecule has 2 heterocycles. The molecule has 0 aromatic carbocycles. The van der Waals surface area contributed by atoms with Crippen molar-refractivity contribution in [2.24, 2.45) is 0 Å². The lowest BCUT2D eigenvalue weighted by molar-refractivity contribution is -0.142. The maximum Gasteiger partial charge on any atom is 0.328 e. The molecule has 0 unspecified atom stereocenters. The number of methoxy groups -OCH3 is 1. The Hall–Kier alpha value is -2.77. The number of ether oxygens (including phenoxy) is 1. The Morgan fingerprint density at radius 2 is 2.33 bits per heavy atom. The Morgan fingerprint density at radius 1 is 1.52 bits per heavy atom. The molecule has 0 saturated heterocycles. The van der Waals surface area contributed by atoms with E-state index in [1.165, 1.54) is 38.0 Å². The van der Waals surface area contributed by atoms with E-state index in [1.807, 2.05) is 0 Å². The number of pyridine rings is 1. The zero-order valence-electron chi connectivity index (χ0n) is 11.2. The first-order valence-corrected chi connectivity index (χ1v) is 6.08. The molecule has 21 heavy (non-hydrogen) atoms. The molecule has 0 saturated carbocycles. The molecule has 0 aliphatic carbocycles. The summed E-state index contributed by atoms with van der Waals surface area (Å²) in [6.07, 6.45) is 4.35. The van der Waals surface area contributed by atoms with Crippen LogP contribution in [0.4, 0.5) is 4.39 Å². The SMILES string of the molecule is COC(=O)[C@H](Cc1cnc[nH]1)NC(=O)c1cccnc1F. The number of nitrogens with zero attached hydrogens (tertiary/aromatic N) is 2. The second kappa shape index (κ2) is 6.60. The number of nitrogens with one attached hydrogen (secondary N) is 2. The van der Waals surface area contributed by atoms with Gasteiger partial charge in [0.05, 0.1) is 19.0 Å². The van der Waals surface area contributed by atoms with Gasteiger partial charge in [-0.25, -0.2) is 14.8 Å². The summed E-state index contributed by atoms with van der Waals surface area (Å²) in [6.45, 7) is 0. The van der Waals surface area contributed by atoms with Crippen LogP contribution >= 0.6 is 0 Å². The molecular formula is C13H13FN4O3. The normalized spacial score (nSPS) is 11.7. The van der Waals surface area contributed by atoms with Crippen molar-refractivity contribution in [1.29, 1.82) is 0 Å². The smallest absolute Gasteiger partial charge is 0.328 e. The number of hydrogen-bond acceptors (Lipinski definition) is 5. The average Bonchev–Trinajstić information content (AvgIpc) is 2.99. The largest absolute Gasteiger partial charge is 0.467 e. The average molecular weight is 292 g/mol. The maximum atomic E-state index is 13.4. The number of carbonyl (C=O) groups is 2. The van der Waals surface area contributed by atoms with Gasteiger partial charge < -0.3 is 15.0 Å². The zero-order chi connectivity index (χ0) is 15.2. The van der Waals surface area contributed by atoms with Crippen molar-refractivity contribution in [2.45, 2.75) is 12.5 Å². The summed E-state index contributed by atoms with van der Waals surface area (Å²) in [7, 11) is 1.21. The molecule has 2 aromatic heterocycles. The molecule has 1 amide bonds. The van der Waals surface area contributed by atoms with E-state index in [-0.39, 0.29) is 12.0 Å². The minimum atomic E-state index is -0.956. The Labute approximate surface area is 119 Å². The van der Waals surface area contributed by atoms with Crippen molar-refractivity contribution in [3.8, 4) is 0 Å². The number of H-pyrrole nitrogens is 1. The summed E-state index contributed by atoms with van der Waals surface area (Å²) < 4.78 is 18.1. The lowest BCUT2D eigenvalue weighted by Crippen LogP contribution is -2.43. The van der Waals surface area contributed by atoms with Crippen LogP contribution in [0.2, 0.25) is 0 Å². The highest BCUT2D eigenvalue weighted by Crippen LogP contribution is 2.06. The van der Waals surface area contributed by atoms with Gasteiger partial charge in [0.1, 0.15) is 6.04 Å². The molecule has 7 nitrogen and oxygen atoms in total. The van der Waals surface area contributed by atoms with Crippen LogP contribution in [-0.4, -0.2) is 40.0 Å². The molecule has 8 heteroatoms. The molecule has 0 aliphatic rings. The van der Waals surface area contributed by atoms with E-state index in [0.717, 1.165) is 0 Å². The standard InChI is InChI=1S/C13H13FN4O3/c1-21-13(20)10(5-8-6-15-7-17-8)18-12(19)9-3-2-4-16-11(9)14/h2-4,6-7,10H,5H2,1H3,(H,15,17)(H,18,19)/t10-/m0/s1. The van der Waals surface area contributed by atoms with Crippen LogP contribution in [0.25, 0.3) is 0 Å². The van der Waals surface area contributed by atoms with E-state index in [2.05, 4.69) is 25.0 Å². The lowest BCUT2D eigenvalue weighted by Gasteiger charge is -2.15. The molecule has 0 fully saturated rings. The third-order valence-corrected chi connectivity index (χ3v) is 2.77. The first-order chi connectivity index (χ1) is 10.1. The first-order valence-electron chi connectivity index (χ1n) is 6.08. The van der Waals surface area contributed by atoms with Crippen molar-refractivity contribution >= 4 is 11.9 Å². The number of rotatable bonds is 5. The lowest BCUT2D eigenvalue weighted by atomic mass is 10.1. The number of imidazole rings is 1. The Morgan fingerprint density at radius 3 is 2.95 bits per heavy atom. The van der Waals surface area contributed by atoms with Gasteiger partial charge >= 0.3 is 5.97 Å². The van der Waals surface area contributed by atoms with E-state index < -0.39 is 23.9 Å². The minimum Gasteiger partial charge on any atom is -0.467 e. The van der Waals surface area contributed by atoms with Gasteiger partial charge in [0.25, 0.3) is 5.91 Å². The third-order valence-electron chi connectivity index (χ3n) is 2.77. The summed E-state index contributed by atoms with van der Waals surface area (Å²) in [5.74, 6) is -2.28. The second-order valence-electron chi connectivity index (χ2n) is 4.17. The van der Waals surface area contributed by atoms with Crippen LogP contribution in [0.5, 0.6) is 0 Å². The monoisotopic (exact) mass is 292 g/mol. The Bertz CT molecular complexity index is 630. The summed E-state index contributed by atoms with van der Waals surface area (Å²) in [5.41, 5.74) is 0.397. The number of halogens is 1. The highest BCUT2D eigenvalue weighted by atomic mass is 19.1. The van der Waals surface area contributed by atoms with Gasteiger partial charge in [-0.3, -0.25) is 4.79 Å². The van der Waals surface area contributed by atoms with Crippen molar-refractivity contribution in [3.63, 3.8) is 0 Å². The third kappa shape index (κ3) is 3.62. The molecule has 110 valence electrons. The van der Waals surface area contributed by atoms with Crippen LogP contribution < -0.4 is 5.32 Å². The van der Waals surface area contributed by atoms with E-state index >= 15 is 0 Å².